The number of hydrogen-bond acceptors (Lipinski definition) is 0. The quantitative estimate of drug-likeness (QED) is 0.0429. The molecular weight excluding hydrogens is 1380 g/mol. The third-order valence-corrected chi connectivity index (χ3v) is 28.3. The van der Waals surface area contributed by atoms with Crippen LogP contribution in [0.2, 0.25) is 0 Å². The van der Waals surface area contributed by atoms with Gasteiger partial charge in [0.2, 0.25) is 0 Å². The third kappa shape index (κ3) is 13.6. The second kappa shape index (κ2) is 30.0. The van der Waals surface area contributed by atoms with Gasteiger partial charge in [0.15, 0.2) is 0 Å². The third-order valence-electron chi connectivity index (χ3n) is 27.6. The number of benzene rings is 10. The van der Waals surface area contributed by atoms with Gasteiger partial charge in [-0.1, -0.05) is 273 Å². The molecule has 0 bridgehead atoms. The zero-order chi connectivity index (χ0) is 77.0. The first-order valence-electron chi connectivity index (χ1n) is 43.0. The minimum absolute atomic E-state index is 0.00275. The fourth-order valence-electron chi connectivity index (χ4n) is 21.2. The number of rotatable bonds is 28. The summed E-state index contributed by atoms with van der Waals surface area (Å²) in [5.74, 6) is 4.88. The van der Waals surface area contributed by atoms with Crippen molar-refractivity contribution in [2.24, 2.45) is 47.3 Å². The maximum atomic E-state index is 7.63. The van der Waals surface area contributed by atoms with Crippen LogP contribution in [0.25, 0.3) is 100 Å². The first-order chi connectivity index (χ1) is 52.1. The largest absolute Gasteiger partial charge is 0.114 e. The van der Waals surface area contributed by atoms with Gasteiger partial charge in [-0.25, -0.2) is 0 Å². The zero-order valence-corrected chi connectivity index (χ0v) is 71.3. The Labute approximate surface area is 668 Å². The number of halogens is 1. The van der Waals surface area contributed by atoms with E-state index in [2.05, 4.69) is 323 Å². The van der Waals surface area contributed by atoms with Crippen LogP contribution >= 0.6 is 15.9 Å². The van der Waals surface area contributed by atoms with Gasteiger partial charge in [0, 0.05) is 31.5 Å². The normalized spacial score (nSPS) is 15.8. The molecule has 0 unspecified atom stereocenters. The zero-order valence-electron chi connectivity index (χ0n) is 69.7. The summed E-state index contributed by atoms with van der Waals surface area (Å²) in [5, 5.41) is 0. The van der Waals surface area contributed by atoms with Crippen LogP contribution in [0.15, 0.2) is 186 Å². The highest BCUT2D eigenvalue weighted by Crippen LogP contribution is 2.62. The van der Waals surface area contributed by atoms with Crippen LogP contribution in [0.1, 0.15) is 283 Å². The smallest absolute Gasteiger partial charge is 0.0880 e. The standard InChI is InChI=1S/C107H124BBr/c1-65(2)39-47-104(48-40-66(3)4)89-25-21-19-23-81(89)83-33-27-73(55-91(83)104)75-29-35-85-87-37-31-77(59-95(87)106(93(85)57-75,51-43-69(9)10)52-44-70(11)12)79-61-97-101(99(108)63-79)102-98(103(97,17)18)62-80(64-100(102)109)78-32-38-88-86-36-30-76(58-94(86)107(96(88)60-78,53-45-71(13)14)54-46-72(15)16)74-28-34-84-82-24-20-22-26-90(82)105(92(84)56-74,49-41-67(5)6)50-42-68(7)8/h19-38,55-72H,39-54H2,1-18H3. The summed E-state index contributed by atoms with van der Waals surface area (Å²) in [7, 11) is 7.63. The van der Waals surface area contributed by atoms with Crippen molar-refractivity contribution in [1.29, 1.82) is 0 Å². The minimum Gasteiger partial charge on any atom is -0.0880 e. The molecule has 0 nitrogen and oxygen atoms in total. The van der Waals surface area contributed by atoms with E-state index in [1.807, 2.05) is 0 Å². The first kappa shape index (κ1) is 77.1. The molecule has 5 aliphatic carbocycles. The van der Waals surface area contributed by atoms with E-state index in [-0.39, 0.29) is 27.1 Å². The lowest BCUT2D eigenvalue weighted by Gasteiger charge is -2.35. The van der Waals surface area contributed by atoms with Crippen LogP contribution in [0.5, 0.6) is 0 Å². The average molecular weight is 1500 g/mol. The topological polar surface area (TPSA) is 0 Å². The van der Waals surface area contributed by atoms with Gasteiger partial charge in [-0.15, -0.1) is 0 Å². The highest BCUT2D eigenvalue weighted by atomic mass is 79.9. The summed E-state index contributed by atoms with van der Waals surface area (Å²) in [6.45, 7) is 43.6. The van der Waals surface area contributed by atoms with Gasteiger partial charge in [-0.2, -0.15) is 0 Å². The maximum Gasteiger partial charge on any atom is 0.114 e. The molecule has 562 valence electrons. The van der Waals surface area contributed by atoms with Crippen molar-refractivity contribution in [2.75, 3.05) is 0 Å². The molecular formula is C107H124BBr. The summed E-state index contributed by atoms with van der Waals surface area (Å²) in [4.78, 5) is 0. The molecule has 2 radical (unpaired) electrons. The van der Waals surface area contributed by atoms with E-state index in [4.69, 9.17) is 7.85 Å². The van der Waals surface area contributed by atoms with Crippen LogP contribution in [0.3, 0.4) is 0 Å². The molecule has 109 heavy (non-hydrogen) atoms. The first-order valence-corrected chi connectivity index (χ1v) is 43.7. The van der Waals surface area contributed by atoms with E-state index in [1.165, 1.54) is 198 Å². The molecule has 0 N–H and O–H groups in total. The van der Waals surface area contributed by atoms with Crippen molar-refractivity contribution in [3.63, 3.8) is 0 Å². The Bertz CT molecular complexity index is 4720. The second-order valence-electron chi connectivity index (χ2n) is 38.9. The van der Waals surface area contributed by atoms with Crippen molar-refractivity contribution < 1.29 is 0 Å². The van der Waals surface area contributed by atoms with Crippen LogP contribution in [-0.4, -0.2) is 7.85 Å². The SMILES string of the molecule is [B]c1cc(-c2ccc3c(c2)C(CCC(C)C)(CCC(C)C)c2cc(-c4ccc5c(c4)C(CCC(C)C)(CCC(C)C)c4ccccc4-5)ccc2-3)cc2c1-c1c(Br)cc(-c3ccc4c(c3)C(CCC(C)C)(CCC(C)C)c3cc(-c5ccc6c(c5)C(CCC(C)C)(CCC(C)C)c5ccccc5-6)ccc3-4)cc1C2(C)C. The molecule has 0 fully saturated rings. The Morgan fingerprint density at radius 2 is 0.450 bits per heavy atom. The van der Waals surface area contributed by atoms with Crippen molar-refractivity contribution in [3.05, 3.63) is 242 Å². The van der Waals surface area contributed by atoms with E-state index >= 15 is 0 Å². The van der Waals surface area contributed by atoms with Crippen LogP contribution < -0.4 is 5.46 Å². The Balaban J connectivity index is 0.789. The fourth-order valence-corrected chi connectivity index (χ4v) is 21.8. The van der Waals surface area contributed by atoms with Crippen molar-refractivity contribution in [1.82, 2.24) is 0 Å². The summed E-state index contributed by atoms with van der Waals surface area (Å²) in [6.07, 6.45) is 18.7. The van der Waals surface area contributed by atoms with Gasteiger partial charge >= 0.3 is 0 Å². The molecule has 10 aromatic rings. The van der Waals surface area contributed by atoms with Gasteiger partial charge in [0.25, 0.3) is 0 Å². The predicted molar refractivity (Wildman–Crippen MR) is 476 cm³/mol. The molecule has 2 heteroatoms. The van der Waals surface area contributed by atoms with Crippen molar-refractivity contribution in [3.8, 4) is 100 Å². The highest BCUT2D eigenvalue weighted by Gasteiger charge is 2.49. The van der Waals surface area contributed by atoms with Gasteiger partial charge in [0.1, 0.15) is 7.85 Å². The molecule has 0 saturated carbocycles. The van der Waals surface area contributed by atoms with Gasteiger partial charge in [-0.3, -0.25) is 0 Å². The minimum atomic E-state index is -0.331. The van der Waals surface area contributed by atoms with Crippen LogP contribution in [0.4, 0.5) is 0 Å². The summed E-state index contributed by atoms with van der Waals surface area (Å²) in [5.41, 5.74) is 39.3. The predicted octanol–water partition coefficient (Wildman–Crippen LogP) is 30.8. The summed E-state index contributed by atoms with van der Waals surface area (Å²) in [6, 6.07) is 74.2. The number of hydrogen-bond donors (Lipinski definition) is 0. The molecule has 10 aromatic carbocycles. The fraction of sp³-hybridized carbons (Fsp3) is 0.439. The lowest BCUT2D eigenvalue weighted by Crippen LogP contribution is -2.27. The average Bonchev–Trinajstić information content (AvgIpc) is 1.48. The van der Waals surface area contributed by atoms with Crippen LogP contribution in [-0.2, 0) is 27.1 Å². The van der Waals surface area contributed by atoms with E-state index in [1.54, 1.807) is 22.3 Å². The Morgan fingerprint density at radius 3 is 0.716 bits per heavy atom. The van der Waals surface area contributed by atoms with E-state index in [0.717, 1.165) is 48.5 Å². The van der Waals surface area contributed by atoms with Gasteiger partial charge in [-0.05, 0) is 360 Å². The maximum absolute atomic E-state index is 7.63. The molecule has 0 amide bonds. The monoisotopic (exact) mass is 1500 g/mol. The number of fused-ring (bicyclic) bond motifs is 15. The Morgan fingerprint density at radius 1 is 0.239 bits per heavy atom. The Kier molecular flexibility index (Phi) is 21.2. The second-order valence-corrected chi connectivity index (χ2v) is 39.8. The highest BCUT2D eigenvalue weighted by molar-refractivity contribution is 9.10. The lowest BCUT2D eigenvalue weighted by atomic mass is 9.68. The molecule has 15 rings (SSSR count). The van der Waals surface area contributed by atoms with Gasteiger partial charge in [0.05, 0.1) is 0 Å². The lowest BCUT2D eigenvalue weighted by molar-refractivity contribution is 0.364. The Hall–Kier alpha value is -7.26. The molecule has 5 aliphatic rings. The molecule has 0 saturated heterocycles. The molecule has 0 atom stereocenters. The molecule has 0 aliphatic heterocycles. The molecule has 0 heterocycles. The van der Waals surface area contributed by atoms with Crippen molar-refractivity contribution in [2.45, 2.75) is 254 Å². The summed E-state index contributed by atoms with van der Waals surface area (Å²) < 4.78 is 1.11. The molecule has 0 aromatic heterocycles. The summed E-state index contributed by atoms with van der Waals surface area (Å²) >= 11 is 4.32. The van der Waals surface area contributed by atoms with Crippen LogP contribution in [0, 0.1) is 47.3 Å². The van der Waals surface area contributed by atoms with E-state index < -0.39 is 0 Å². The van der Waals surface area contributed by atoms with Crippen molar-refractivity contribution >= 4 is 29.2 Å². The van der Waals surface area contributed by atoms with E-state index in [9.17, 15) is 0 Å². The molecule has 0 spiro atoms. The van der Waals surface area contributed by atoms with E-state index in [0.29, 0.717) is 47.3 Å². The van der Waals surface area contributed by atoms with Gasteiger partial charge < -0.3 is 0 Å².